The van der Waals surface area contributed by atoms with E-state index in [1.807, 2.05) is 18.2 Å². The summed E-state index contributed by atoms with van der Waals surface area (Å²) in [6, 6.07) is 16.6. The first-order valence-corrected chi connectivity index (χ1v) is 7.53. The van der Waals surface area contributed by atoms with Crippen LogP contribution >= 0.6 is 27.5 Å². The van der Waals surface area contributed by atoms with Crippen LogP contribution in [-0.2, 0) is 6.54 Å². The molecule has 1 nitrogen and oxygen atoms in total. The molecule has 0 saturated carbocycles. The number of rotatable bonds is 5. The first kappa shape index (κ1) is 14.6. The molecule has 0 spiro atoms. The quantitative estimate of drug-likeness (QED) is 0.809. The van der Waals surface area contributed by atoms with Gasteiger partial charge in [-0.1, -0.05) is 54.9 Å². The molecule has 19 heavy (non-hydrogen) atoms. The van der Waals surface area contributed by atoms with Crippen molar-refractivity contribution in [3.8, 4) is 0 Å². The minimum atomic E-state index is 0.507. The highest BCUT2D eigenvalue weighted by Gasteiger charge is 2.04. The number of hydrogen-bond acceptors (Lipinski definition) is 1. The van der Waals surface area contributed by atoms with Gasteiger partial charge in [-0.15, -0.1) is 0 Å². The fourth-order valence-corrected chi connectivity index (χ4v) is 2.43. The van der Waals surface area contributed by atoms with E-state index in [0.717, 1.165) is 22.6 Å². The molecule has 0 aromatic heterocycles. The van der Waals surface area contributed by atoms with Crippen molar-refractivity contribution in [2.45, 2.75) is 19.4 Å². The first-order chi connectivity index (χ1) is 9.16. The molecule has 1 atom stereocenters. The van der Waals surface area contributed by atoms with E-state index in [-0.39, 0.29) is 0 Å². The highest BCUT2D eigenvalue weighted by atomic mass is 79.9. The maximum atomic E-state index is 6.08. The number of nitrogens with one attached hydrogen (secondary N) is 1. The average Bonchev–Trinajstić information content (AvgIpc) is 2.43. The normalized spacial score (nSPS) is 12.4. The van der Waals surface area contributed by atoms with Crippen LogP contribution in [0.2, 0.25) is 5.02 Å². The molecule has 0 aliphatic heterocycles. The summed E-state index contributed by atoms with van der Waals surface area (Å²) in [6.45, 7) is 4.03. The summed E-state index contributed by atoms with van der Waals surface area (Å²) in [7, 11) is 0. The molecule has 0 amide bonds. The standard InChI is InChI=1S/C16H17BrClN/c1-12(14-5-3-2-4-6-14)10-19-11-13-7-8-15(17)16(18)9-13/h2-9,12,19H,10-11H2,1H3. The molecule has 2 rings (SSSR count). The van der Waals surface area contributed by atoms with Crippen molar-refractivity contribution in [1.82, 2.24) is 5.32 Å². The topological polar surface area (TPSA) is 12.0 Å². The molecule has 0 bridgehead atoms. The van der Waals surface area contributed by atoms with Gasteiger partial charge in [-0.2, -0.15) is 0 Å². The third-order valence-electron chi connectivity index (χ3n) is 3.13. The summed E-state index contributed by atoms with van der Waals surface area (Å²) < 4.78 is 0.940. The SMILES string of the molecule is CC(CNCc1ccc(Br)c(Cl)c1)c1ccccc1. The van der Waals surface area contributed by atoms with Gasteiger partial charge < -0.3 is 5.32 Å². The zero-order valence-corrected chi connectivity index (χ0v) is 13.2. The number of hydrogen-bond donors (Lipinski definition) is 1. The molecule has 0 aliphatic rings. The summed E-state index contributed by atoms with van der Waals surface area (Å²) in [5, 5.41) is 4.23. The Morgan fingerprint density at radius 3 is 2.58 bits per heavy atom. The van der Waals surface area contributed by atoms with Gasteiger partial charge in [0.2, 0.25) is 0 Å². The molecule has 3 heteroatoms. The van der Waals surface area contributed by atoms with Gasteiger partial charge in [-0.05, 0) is 45.1 Å². The van der Waals surface area contributed by atoms with Gasteiger partial charge in [0.05, 0.1) is 5.02 Å². The predicted molar refractivity (Wildman–Crippen MR) is 85.7 cm³/mol. The van der Waals surface area contributed by atoms with Gasteiger partial charge >= 0.3 is 0 Å². The zero-order valence-electron chi connectivity index (χ0n) is 10.9. The minimum Gasteiger partial charge on any atom is -0.312 e. The molecular formula is C16H17BrClN. The van der Waals surface area contributed by atoms with Crippen LogP contribution in [0.4, 0.5) is 0 Å². The van der Waals surface area contributed by atoms with Crippen molar-refractivity contribution in [2.24, 2.45) is 0 Å². The molecule has 0 aliphatic carbocycles. The van der Waals surface area contributed by atoms with E-state index in [1.54, 1.807) is 0 Å². The lowest BCUT2D eigenvalue weighted by atomic mass is 10.0. The largest absolute Gasteiger partial charge is 0.312 e. The second kappa shape index (κ2) is 7.09. The predicted octanol–water partition coefficient (Wildman–Crippen LogP) is 5.00. The maximum absolute atomic E-state index is 6.08. The van der Waals surface area contributed by atoms with Crippen LogP contribution in [0.5, 0.6) is 0 Å². The van der Waals surface area contributed by atoms with Crippen molar-refractivity contribution in [3.63, 3.8) is 0 Å². The Hall–Kier alpha value is -0.830. The fourth-order valence-electron chi connectivity index (χ4n) is 1.98. The molecule has 100 valence electrons. The maximum Gasteiger partial charge on any atom is 0.0551 e. The highest BCUT2D eigenvalue weighted by Crippen LogP contribution is 2.23. The van der Waals surface area contributed by atoms with Gasteiger partial charge in [-0.3, -0.25) is 0 Å². The fraction of sp³-hybridized carbons (Fsp3) is 0.250. The van der Waals surface area contributed by atoms with E-state index in [1.165, 1.54) is 11.1 Å². The van der Waals surface area contributed by atoms with Crippen LogP contribution in [0.1, 0.15) is 24.0 Å². The van der Waals surface area contributed by atoms with E-state index in [0.29, 0.717) is 5.92 Å². The smallest absolute Gasteiger partial charge is 0.0551 e. The van der Waals surface area contributed by atoms with Crippen LogP contribution in [-0.4, -0.2) is 6.54 Å². The molecule has 0 fully saturated rings. The van der Waals surface area contributed by atoms with Crippen molar-refractivity contribution in [1.29, 1.82) is 0 Å². The van der Waals surface area contributed by atoms with Crippen molar-refractivity contribution in [2.75, 3.05) is 6.54 Å². The summed E-state index contributed by atoms with van der Waals surface area (Å²) in [5.74, 6) is 0.507. The second-order valence-electron chi connectivity index (χ2n) is 4.69. The van der Waals surface area contributed by atoms with E-state index in [9.17, 15) is 0 Å². The lowest BCUT2D eigenvalue weighted by Gasteiger charge is -2.13. The van der Waals surface area contributed by atoms with Crippen molar-refractivity contribution < 1.29 is 0 Å². The third-order valence-corrected chi connectivity index (χ3v) is 4.36. The lowest BCUT2D eigenvalue weighted by molar-refractivity contribution is 0.615. The van der Waals surface area contributed by atoms with Gasteiger partial charge in [0.1, 0.15) is 0 Å². The molecule has 0 radical (unpaired) electrons. The van der Waals surface area contributed by atoms with Crippen LogP contribution in [0.3, 0.4) is 0 Å². The number of halogens is 2. The third kappa shape index (κ3) is 4.34. The van der Waals surface area contributed by atoms with Crippen LogP contribution in [0.15, 0.2) is 53.0 Å². The van der Waals surface area contributed by atoms with Crippen LogP contribution < -0.4 is 5.32 Å². The van der Waals surface area contributed by atoms with Crippen LogP contribution in [0, 0.1) is 0 Å². The molecule has 1 unspecified atom stereocenters. The zero-order chi connectivity index (χ0) is 13.7. The Morgan fingerprint density at radius 2 is 1.89 bits per heavy atom. The number of benzene rings is 2. The van der Waals surface area contributed by atoms with Crippen molar-refractivity contribution in [3.05, 3.63) is 69.2 Å². The van der Waals surface area contributed by atoms with Gasteiger partial charge in [-0.25, -0.2) is 0 Å². The molecule has 0 heterocycles. The van der Waals surface area contributed by atoms with Gasteiger partial charge in [0.15, 0.2) is 0 Å². The minimum absolute atomic E-state index is 0.507. The Kier molecular flexibility index (Phi) is 5.44. The van der Waals surface area contributed by atoms with E-state index in [4.69, 9.17) is 11.6 Å². The molecule has 2 aromatic carbocycles. The summed E-state index contributed by atoms with van der Waals surface area (Å²) >= 11 is 9.48. The van der Waals surface area contributed by atoms with Gasteiger partial charge in [0.25, 0.3) is 0 Å². The Labute approximate surface area is 128 Å². The molecule has 1 N–H and O–H groups in total. The van der Waals surface area contributed by atoms with Crippen LogP contribution in [0.25, 0.3) is 0 Å². The van der Waals surface area contributed by atoms with Gasteiger partial charge in [0, 0.05) is 17.6 Å². The Morgan fingerprint density at radius 1 is 1.16 bits per heavy atom. The van der Waals surface area contributed by atoms with E-state index in [2.05, 4.69) is 58.5 Å². The second-order valence-corrected chi connectivity index (χ2v) is 5.95. The molecular weight excluding hydrogens is 322 g/mol. The highest BCUT2D eigenvalue weighted by molar-refractivity contribution is 9.10. The summed E-state index contributed by atoms with van der Waals surface area (Å²) in [6.07, 6.45) is 0. The van der Waals surface area contributed by atoms with E-state index >= 15 is 0 Å². The van der Waals surface area contributed by atoms with Crippen molar-refractivity contribution >= 4 is 27.5 Å². The molecule has 0 saturated heterocycles. The summed E-state index contributed by atoms with van der Waals surface area (Å²) in [4.78, 5) is 0. The van der Waals surface area contributed by atoms with E-state index < -0.39 is 0 Å². The monoisotopic (exact) mass is 337 g/mol. The Bertz CT molecular complexity index is 528. The average molecular weight is 339 g/mol. The summed E-state index contributed by atoms with van der Waals surface area (Å²) in [5.41, 5.74) is 2.57. The Balaban J connectivity index is 1.85. The molecule has 2 aromatic rings. The first-order valence-electron chi connectivity index (χ1n) is 6.36. The lowest BCUT2D eigenvalue weighted by Crippen LogP contribution is -2.19.